The number of nitrogens with two attached hydrogens (primary N) is 1. The van der Waals surface area contributed by atoms with Gasteiger partial charge in [-0.05, 0) is 6.42 Å². The van der Waals surface area contributed by atoms with Gasteiger partial charge in [0.05, 0.1) is 118 Å². The van der Waals surface area contributed by atoms with E-state index in [0.29, 0.717) is 144 Å². The van der Waals surface area contributed by atoms with Crippen molar-refractivity contribution in [2.24, 2.45) is 5.73 Å². The smallest absolute Gasteiger partial charge is 0.246 e. The van der Waals surface area contributed by atoms with E-state index in [1.807, 2.05) is 0 Å². The summed E-state index contributed by atoms with van der Waals surface area (Å²) in [6, 6.07) is 0. The van der Waals surface area contributed by atoms with Gasteiger partial charge in [-0.1, -0.05) is 11.8 Å². The SMILES string of the molecule is CS(=O)(=O)c1ncc(C#CCCCC(=O)NCCOCCOCCOCCOCCOCCOCCOCCOCCOCC(N)=O)cn1. The second-order valence-corrected chi connectivity index (χ2v) is 11.9. The second-order valence-electron chi connectivity index (χ2n) is 9.95. The van der Waals surface area contributed by atoms with Crippen LogP contribution in [0.4, 0.5) is 0 Å². The third-order valence-corrected chi connectivity index (χ3v) is 6.56. The van der Waals surface area contributed by atoms with Crippen LogP contribution in [0.5, 0.6) is 0 Å². The summed E-state index contributed by atoms with van der Waals surface area (Å²) in [5, 5.41) is 2.55. The van der Waals surface area contributed by atoms with E-state index in [-0.39, 0.29) is 17.7 Å². The average Bonchev–Trinajstić information content (AvgIpc) is 3.07. The first-order valence-corrected chi connectivity index (χ1v) is 17.9. The summed E-state index contributed by atoms with van der Waals surface area (Å²) < 4.78 is 71.0. The van der Waals surface area contributed by atoms with Crippen molar-refractivity contribution in [2.45, 2.75) is 24.4 Å². The van der Waals surface area contributed by atoms with Crippen LogP contribution in [-0.2, 0) is 62.1 Å². The zero-order valence-electron chi connectivity index (χ0n) is 28.4. The average molecular weight is 721 g/mol. The van der Waals surface area contributed by atoms with Crippen LogP contribution in [0.25, 0.3) is 0 Å². The lowest BCUT2D eigenvalue weighted by Gasteiger charge is -2.09. The lowest BCUT2D eigenvalue weighted by Crippen LogP contribution is -2.27. The van der Waals surface area contributed by atoms with Crippen molar-refractivity contribution in [3.8, 4) is 11.8 Å². The van der Waals surface area contributed by atoms with Crippen molar-refractivity contribution in [2.75, 3.05) is 132 Å². The van der Waals surface area contributed by atoms with Crippen LogP contribution in [0.15, 0.2) is 17.6 Å². The molecule has 280 valence electrons. The van der Waals surface area contributed by atoms with Gasteiger partial charge in [-0.3, -0.25) is 9.59 Å². The normalized spacial score (nSPS) is 11.3. The molecule has 0 saturated carbocycles. The van der Waals surface area contributed by atoms with Gasteiger partial charge in [0, 0.05) is 38.0 Å². The van der Waals surface area contributed by atoms with E-state index in [2.05, 4.69) is 27.1 Å². The topological polar surface area (TPSA) is 215 Å². The molecule has 49 heavy (non-hydrogen) atoms. The minimum atomic E-state index is -3.44. The number of hydrogen-bond acceptors (Lipinski definition) is 15. The quantitative estimate of drug-likeness (QED) is 0.0514. The molecule has 0 spiro atoms. The maximum atomic E-state index is 11.9. The van der Waals surface area contributed by atoms with E-state index in [1.54, 1.807) is 0 Å². The number of amides is 2. The van der Waals surface area contributed by atoms with Crippen molar-refractivity contribution in [3.05, 3.63) is 18.0 Å². The van der Waals surface area contributed by atoms with Crippen molar-refractivity contribution in [3.63, 3.8) is 0 Å². The van der Waals surface area contributed by atoms with Crippen LogP contribution in [0.1, 0.15) is 24.8 Å². The molecule has 1 aromatic rings. The van der Waals surface area contributed by atoms with Crippen molar-refractivity contribution >= 4 is 21.7 Å². The fourth-order valence-corrected chi connectivity index (χ4v) is 3.85. The zero-order chi connectivity index (χ0) is 35.7. The van der Waals surface area contributed by atoms with E-state index >= 15 is 0 Å². The number of nitrogens with one attached hydrogen (secondary N) is 1. The predicted octanol–water partition coefficient (Wildman–Crippen LogP) is -0.847. The second kappa shape index (κ2) is 31.2. The lowest BCUT2D eigenvalue weighted by atomic mass is 10.2. The molecule has 1 aromatic heterocycles. The molecular formula is C31H52N4O13S. The van der Waals surface area contributed by atoms with Crippen LogP contribution >= 0.6 is 0 Å². The third kappa shape index (κ3) is 29.8. The van der Waals surface area contributed by atoms with Gasteiger partial charge in [0.15, 0.2) is 0 Å². The number of aromatic nitrogens is 2. The molecular weight excluding hydrogens is 668 g/mol. The highest BCUT2D eigenvalue weighted by atomic mass is 32.2. The molecule has 1 heterocycles. The van der Waals surface area contributed by atoms with Gasteiger partial charge in [0.1, 0.15) is 6.61 Å². The van der Waals surface area contributed by atoms with E-state index < -0.39 is 15.7 Å². The standard InChI is InChI=1S/C31H52N4O13S/c1-49(38,39)31-34-25-28(26-35-31)5-3-2-4-6-30(37)33-7-8-40-9-10-41-11-12-42-13-14-43-15-16-44-17-18-45-19-20-46-21-22-47-23-24-48-27-29(32)36/h25-26H,2,4,6-24,27H2,1H3,(H2,32,36)(H,33,37). The van der Waals surface area contributed by atoms with Crippen molar-refractivity contribution < 1.29 is 60.6 Å². The van der Waals surface area contributed by atoms with E-state index in [9.17, 15) is 18.0 Å². The Balaban J connectivity index is 1.74. The van der Waals surface area contributed by atoms with Gasteiger partial charge in [-0.25, -0.2) is 18.4 Å². The molecule has 18 heteroatoms. The molecule has 2 amide bonds. The van der Waals surface area contributed by atoms with E-state index in [1.165, 1.54) is 12.4 Å². The Morgan fingerprint density at radius 1 is 0.673 bits per heavy atom. The lowest BCUT2D eigenvalue weighted by molar-refractivity contribution is -0.123. The Morgan fingerprint density at radius 3 is 1.45 bits per heavy atom. The Kier molecular flexibility index (Phi) is 28.1. The van der Waals surface area contributed by atoms with Crippen LogP contribution < -0.4 is 11.1 Å². The number of sulfone groups is 1. The molecule has 0 unspecified atom stereocenters. The van der Waals surface area contributed by atoms with Crippen LogP contribution in [0.2, 0.25) is 0 Å². The van der Waals surface area contributed by atoms with Gasteiger partial charge >= 0.3 is 0 Å². The first kappa shape index (κ1) is 44.2. The summed E-state index contributed by atoms with van der Waals surface area (Å²) >= 11 is 0. The summed E-state index contributed by atoms with van der Waals surface area (Å²) in [6.45, 7) is 7.68. The first-order valence-electron chi connectivity index (χ1n) is 16.0. The molecule has 0 aliphatic rings. The first-order chi connectivity index (χ1) is 23.8. The highest BCUT2D eigenvalue weighted by molar-refractivity contribution is 7.90. The number of nitrogens with zero attached hydrogens (tertiary/aromatic N) is 2. The maximum absolute atomic E-state index is 11.9. The molecule has 0 aliphatic heterocycles. The van der Waals surface area contributed by atoms with Gasteiger partial charge in [0.2, 0.25) is 26.8 Å². The Bertz CT molecular complexity index is 1150. The zero-order valence-corrected chi connectivity index (χ0v) is 29.2. The van der Waals surface area contributed by atoms with Crippen LogP contribution in [0.3, 0.4) is 0 Å². The van der Waals surface area contributed by atoms with Gasteiger partial charge in [0.25, 0.3) is 0 Å². The summed E-state index contributed by atoms with van der Waals surface area (Å²) in [6.07, 6.45) is 5.20. The Morgan fingerprint density at radius 2 is 1.06 bits per heavy atom. The van der Waals surface area contributed by atoms with Crippen molar-refractivity contribution in [1.29, 1.82) is 0 Å². The monoisotopic (exact) mass is 720 g/mol. The summed E-state index contributed by atoms with van der Waals surface area (Å²) in [7, 11) is -3.44. The highest BCUT2D eigenvalue weighted by Gasteiger charge is 2.09. The minimum Gasteiger partial charge on any atom is -0.377 e. The molecule has 0 bridgehead atoms. The highest BCUT2D eigenvalue weighted by Crippen LogP contribution is 2.01. The number of primary amides is 1. The maximum Gasteiger partial charge on any atom is 0.246 e. The molecule has 0 fully saturated rings. The largest absolute Gasteiger partial charge is 0.377 e. The molecule has 0 atom stereocenters. The summed E-state index contributed by atoms with van der Waals surface area (Å²) in [5.41, 5.74) is 5.46. The van der Waals surface area contributed by atoms with E-state index in [0.717, 1.165) is 6.26 Å². The number of hydrogen-bond donors (Lipinski definition) is 2. The van der Waals surface area contributed by atoms with E-state index in [4.69, 9.17) is 48.4 Å². The Labute approximate surface area is 289 Å². The number of carbonyl (C=O) groups is 2. The fraction of sp³-hybridized carbons (Fsp3) is 0.742. The Hall–Kier alpha value is -2.83. The van der Waals surface area contributed by atoms with Gasteiger partial charge < -0.3 is 53.7 Å². The molecule has 1 rings (SSSR count). The number of ether oxygens (including phenoxy) is 9. The fourth-order valence-electron chi connectivity index (χ4n) is 3.36. The number of rotatable bonds is 33. The van der Waals surface area contributed by atoms with Gasteiger partial charge in [-0.15, -0.1) is 0 Å². The number of carbonyl (C=O) groups excluding carboxylic acids is 2. The minimum absolute atomic E-state index is 0.0806. The predicted molar refractivity (Wildman–Crippen MR) is 175 cm³/mol. The molecule has 3 N–H and O–H groups in total. The molecule has 0 radical (unpaired) electrons. The molecule has 0 aromatic carbocycles. The molecule has 0 aliphatic carbocycles. The van der Waals surface area contributed by atoms with Crippen molar-refractivity contribution in [1.82, 2.24) is 15.3 Å². The summed E-state index contributed by atoms with van der Waals surface area (Å²) in [5.74, 6) is 5.18. The molecule has 17 nitrogen and oxygen atoms in total. The van der Waals surface area contributed by atoms with Crippen LogP contribution in [-0.4, -0.2) is 162 Å². The van der Waals surface area contributed by atoms with Crippen LogP contribution in [0, 0.1) is 11.8 Å². The molecule has 0 saturated heterocycles. The summed E-state index contributed by atoms with van der Waals surface area (Å²) in [4.78, 5) is 29.9. The third-order valence-electron chi connectivity index (χ3n) is 5.69. The number of unbranched alkanes of at least 4 members (excludes halogenated alkanes) is 1. The van der Waals surface area contributed by atoms with Gasteiger partial charge in [-0.2, -0.15) is 0 Å².